The monoisotopic (exact) mass is 287 g/mol. The van der Waals surface area contributed by atoms with E-state index in [1.807, 2.05) is 0 Å². The Balaban J connectivity index is 2.42. The molecule has 0 radical (unpaired) electrons. The van der Waals surface area contributed by atoms with E-state index in [-0.39, 0.29) is 24.1 Å². The van der Waals surface area contributed by atoms with E-state index in [9.17, 15) is 17.9 Å². The maximum atomic E-state index is 14.1. The Hall–Kier alpha value is -1.14. The van der Waals surface area contributed by atoms with Gasteiger partial charge in [0.2, 0.25) is 0 Å². The van der Waals surface area contributed by atoms with Crippen molar-refractivity contribution in [3.05, 3.63) is 29.6 Å². The van der Waals surface area contributed by atoms with Crippen molar-refractivity contribution < 1.29 is 17.9 Å². The van der Waals surface area contributed by atoms with Crippen molar-refractivity contribution in [2.24, 2.45) is 0 Å². The number of aliphatic hydroxyl groups is 1. The molecule has 1 saturated heterocycles. The summed E-state index contributed by atoms with van der Waals surface area (Å²) in [4.78, 5) is 1.73. The summed E-state index contributed by atoms with van der Waals surface area (Å²) in [6, 6.07) is 4.25. The van der Waals surface area contributed by atoms with Gasteiger partial charge >= 0.3 is 0 Å². The molecule has 4 nitrogen and oxygen atoms in total. The Morgan fingerprint density at radius 1 is 1.47 bits per heavy atom. The van der Waals surface area contributed by atoms with E-state index >= 15 is 0 Å². The van der Waals surface area contributed by atoms with Crippen molar-refractivity contribution >= 4 is 15.5 Å². The van der Waals surface area contributed by atoms with Crippen molar-refractivity contribution in [3.63, 3.8) is 0 Å². The average Bonchev–Trinajstić information content (AvgIpc) is 2.28. The molecule has 106 valence electrons. The highest BCUT2D eigenvalue weighted by atomic mass is 32.2. The van der Waals surface area contributed by atoms with Gasteiger partial charge in [0.25, 0.3) is 0 Å². The largest absolute Gasteiger partial charge is 0.389 e. The van der Waals surface area contributed by atoms with Gasteiger partial charge in [0, 0.05) is 18.2 Å². The van der Waals surface area contributed by atoms with E-state index in [4.69, 9.17) is 0 Å². The SMILES string of the molecule is CC1CS(=O)(=O)CCN1c1c(F)cccc1[C@@H](C)O. The zero-order valence-corrected chi connectivity index (χ0v) is 11.8. The van der Waals surface area contributed by atoms with Gasteiger partial charge in [-0.3, -0.25) is 0 Å². The van der Waals surface area contributed by atoms with Crippen LogP contribution in [0, 0.1) is 5.82 Å². The molecule has 1 aromatic rings. The zero-order valence-electron chi connectivity index (χ0n) is 11.0. The van der Waals surface area contributed by atoms with E-state index in [1.165, 1.54) is 6.07 Å². The number of halogens is 1. The van der Waals surface area contributed by atoms with Crippen LogP contribution in [0.25, 0.3) is 0 Å². The van der Waals surface area contributed by atoms with Crippen molar-refractivity contribution in [2.45, 2.75) is 26.0 Å². The van der Waals surface area contributed by atoms with Gasteiger partial charge < -0.3 is 10.0 Å². The van der Waals surface area contributed by atoms with Crippen LogP contribution in [0.3, 0.4) is 0 Å². The molecule has 0 aromatic heterocycles. The Morgan fingerprint density at radius 2 is 2.16 bits per heavy atom. The van der Waals surface area contributed by atoms with Gasteiger partial charge in [-0.05, 0) is 19.9 Å². The van der Waals surface area contributed by atoms with Gasteiger partial charge in [-0.25, -0.2) is 12.8 Å². The Labute approximate surface area is 112 Å². The molecule has 1 aromatic carbocycles. The normalized spacial score (nSPS) is 24.2. The fourth-order valence-corrected chi connectivity index (χ4v) is 4.06. The summed E-state index contributed by atoms with van der Waals surface area (Å²) in [6.45, 7) is 3.59. The lowest BCUT2D eigenvalue weighted by Gasteiger charge is -2.36. The first-order valence-corrected chi connectivity index (χ1v) is 8.07. The van der Waals surface area contributed by atoms with Gasteiger partial charge in [0.1, 0.15) is 5.82 Å². The molecule has 2 rings (SSSR count). The minimum Gasteiger partial charge on any atom is -0.389 e. The van der Waals surface area contributed by atoms with Gasteiger partial charge in [-0.2, -0.15) is 0 Å². The predicted octanol–water partition coefficient (Wildman–Crippen LogP) is 1.50. The number of sulfone groups is 1. The molecule has 6 heteroatoms. The van der Waals surface area contributed by atoms with Crippen LogP contribution in [0.4, 0.5) is 10.1 Å². The first-order chi connectivity index (χ1) is 8.82. The summed E-state index contributed by atoms with van der Waals surface area (Å²) in [6.07, 6.45) is -0.795. The molecule has 0 spiro atoms. The van der Waals surface area contributed by atoms with Crippen LogP contribution in [0.1, 0.15) is 25.5 Å². The Morgan fingerprint density at radius 3 is 2.74 bits per heavy atom. The molecule has 0 saturated carbocycles. The number of benzene rings is 1. The van der Waals surface area contributed by atoms with Crippen LogP contribution in [0.5, 0.6) is 0 Å². The van der Waals surface area contributed by atoms with Crippen molar-refractivity contribution in [2.75, 3.05) is 23.0 Å². The third kappa shape index (κ3) is 2.90. The average molecular weight is 287 g/mol. The van der Waals surface area contributed by atoms with Crippen LogP contribution in [0.2, 0.25) is 0 Å². The van der Waals surface area contributed by atoms with Gasteiger partial charge in [0.15, 0.2) is 9.84 Å². The second kappa shape index (κ2) is 5.09. The van der Waals surface area contributed by atoms with Crippen LogP contribution < -0.4 is 4.90 Å². The molecule has 0 aliphatic carbocycles. The quantitative estimate of drug-likeness (QED) is 0.895. The lowest BCUT2D eigenvalue weighted by Crippen LogP contribution is -2.47. The van der Waals surface area contributed by atoms with Crippen LogP contribution in [-0.4, -0.2) is 37.6 Å². The summed E-state index contributed by atoms with van der Waals surface area (Å²) >= 11 is 0. The fourth-order valence-electron chi connectivity index (χ4n) is 2.50. The first kappa shape index (κ1) is 14.3. The summed E-state index contributed by atoms with van der Waals surface area (Å²) in [5.41, 5.74) is 0.811. The standard InChI is InChI=1S/C13H18FNO3S/c1-9-8-19(17,18)7-6-15(9)13-11(10(2)16)4-3-5-12(13)14/h3-5,9-10,16H,6-8H2,1-2H3/t9?,10-/m1/s1. The lowest BCUT2D eigenvalue weighted by atomic mass is 10.1. The molecule has 1 aliphatic heterocycles. The maximum Gasteiger partial charge on any atom is 0.154 e. The second-order valence-electron chi connectivity index (χ2n) is 5.01. The van der Waals surface area contributed by atoms with E-state index in [1.54, 1.807) is 30.9 Å². The lowest BCUT2D eigenvalue weighted by molar-refractivity contribution is 0.199. The molecule has 1 unspecified atom stereocenters. The van der Waals surface area contributed by atoms with E-state index in [0.717, 1.165) is 0 Å². The molecule has 1 N–H and O–H groups in total. The molecule has 1 fully saturated rings. The minimum absolute atomic E-state index is 0.0145. The highest BCUT2D eigenvalue weighted by Crippen LogP contribution is 2.32. The highest BCUT2D eigenvalue weighted by Gasteiger charge is 2.31. The highest BCUT2D eigenvalue weighted by molar-refractivity contribution is 7.91. The molecule has 2 atom stereocenters. The molecule has 0 bridgehead atoms. The number of nitrogens with zero attached hydrogens (tertiary/aromatic N) is 1. The maximum absolute atomic E-state index is 14.1. The fraction of sp³-hybridized carbons (Fsp3) is 0.538. The molecule has 0 amide bonds. The van der Waals surface area contributed by atoms with E-state index < -0.39 is 21.8 Å². The van der Waals surface area contributed by atoms with Gasteiger partial charge in [-0.15, -0.1) is 0 Å². The molecular weight excluding hydrogens is 269 g/mol. The molecule has 19 heavy (non-hydrogen) atoms. The van der Waals surface area contributed by atoms with Crippen molar-refractivity contribution in [1.29, 1.82) is 0 Å². The second-order valence-corrected chi connectivity index (χ2v) is 7.24. The van der Waals surface area contributed by atoms with Crippen LogP contribution in [-0.2, 0) is 9.84 Å². The zero-order chi connectivity index (χ0) is 14.2. The van der Waals surface area contributed by atoms with E-state index in [2.05, 4.69) is 0 Å². The number of para-hydroxylation sites is 1. The minimum atomic E-state index is -3.05. The van der Waals surface area contributed by atoms with Gasteiger partial charge in [0.05, 0.1) is 23.3 Å². The van der Waals surface area contributed by atoms with Crippen LogP contribution in [0.15, 0.2) is 18.2 Å². The Bertz CT molecular complexity index is 571. The topological polar surface area (TPSA) is 57.6 Å². The molecule has 1 heterocycles. The smallest absolute Gasteiger partial charge is 0.154 e. The third-order valence-corrected chi connectivity index (χ3v) is 5.22. The van der Waals surface area contributed by atoms with Crippen molar-refractivity contribution in [1.82, 2.24) is 0 Å². The summed E-state index contributed by atoms with van der Waals surface area (Å²) in [5, 5.41) is 9.74. The summed E-state index contributed by atoms with van der Waals surface area (Å²) in [5.74, 6) is -0.393. The first-order valence-electron chi connectivity index (χ1n) is 6.25. The third-order valence-electron chi connectivity index (χ3n) is 3.43. The number of hydrogen-bond donors (Lipinski definition) is 1. The van der Waals surface area contributed by atoms with E-state index in [0.29, 0.717) is 11.3 Å². The summed E-state index contributed by atoms with van der Waals surface area (Å²) in [7, 11) is -3.05. The molecule has 1 aliphatic rings. The van der Waals surface area contributed by atoms with Crippen molar-refractivity contribution in [3.8, 4) is 0 Å². The number of aliphatic hydroxyl groups excluding tert-OH is 1. The number of rotatable bonds is 2. The Kier molecular flexibility index (Phi) is 3.82. The number of anilines is 1. The number of hydrogen-bond acceptors (Lipinski definition) is 4. The van der Waals surface area contributed by atoms with Crippen LogP contribution >= 0.6 is 0 Å². The molecular formula is C13H18FNO3S. The van der Waals surface area contributed by atoms with Gasteiger partial charge in [-0.1, -0.05) is 12.1 Å². The summed E-state index contributed by atoms with van der Waals surface area (Å²) < 4.78 is 37.2. The predicted molar refractivity (Wildman–Crippen MR) is 72.5 cm³/mol.